The van der Waals surface area contributed by atoms with E-state index in [9.17, 15) is 4.79 Å². The summed E-state index contributed by atoms with van der Waals surface area (Å²) in [4.78, 5) is 15.6. The fourth-order valence-electron chi connectivity index (χ4n) is 4.41. The third-order valence-corrected chi connectivity index (χ3v) is 5.84. The van der Waals surface area contributed by atoms with Crippen molar-refractivity contribution in [2.45, 2.75) is 31.8 Å². The number of methoxy groups -OCH3 is 1. The monoisotopic (exact) mass is 365 g/mol. The number of carbonyl (C=O) groups excluding carboxylic acids is 1. The second-order valence-corrected chi connectivity index (χ2v) is 7.43. The van der Waals surface area contributed by atoms with Gasteiger partial charge in [0.15, 0.2) is 0 Å². The standard InChI is InChI=1S/C22H27N3O2/c1-15-7-3-4-10-18(15)20-11-6-12-25(20)22(26)19-14-23-24-21(19)16-8-5-9-17(13-16)27-2/h3-5,7-10,13,19-21,23-24H,6,11-12,14H2,1-2H3. The van der Waals surface area contributed by atoms with Gasteiger partial charge < -0.3 is 9.64 Å². The molecule has 2 N–H and O–H groups in total. The van der Waals surface area contributed by atoms with E-state index in [2.05, 4.69) is 53.0 Å². The number of aryl methyl sites for hydroxylation is 1. The van der Waals surface area contributed by atoms with Gasteiger partial charge in [0.2, 0.25) is 5.91 Å². The number of rotatable bonds is 4. The number of nitrogens with one attached hydrogen (secondary N) is 2. The molecule has 0 saturated carbocycles. The van der Waals surface area contributed by atoms with Gasteiger partial charge >= 0.3 is 0 Å². The molecule has 142 valence electrons. The number of amides is 1. The highest BCUT2D eigenvalue weighted by Gasteiger charge is 2.40. The van der Waals surface area contributed by atoms with Crippen molar-refractivity contribution in [1.29, 1.82) is 0 Å². The van der Waals surface area contributed by atoms with Gasteiger partial charge in [0.25, 0.3) is 0 Å². The van der Waals surface area contributed by atoms with Crippen molar-refractivity contribution in [2.24, 2.45) is 5.92 Å². The van der Waals surface area contributed by atoms with E-state index in [0.717, 1.165) is 30.7 Å². The third-order valence-electron chi connectivity index (χ3n) is 5.84. The lowest BCUT2D eigenvalue weighted by atomic mass is 9.92. The summed E-state index contributed by atoms with van der Waals surface area (Å²) in [6.07, 6.45) is 2.09. The van der Waals surface area contributed by atoms with Crippen LogP contribution in [0.25, 0.3) is 0 Å². The molecule has 2 fully saturated rings. The molecule has 0 aromatic heterocycles. The molecule has 4 rings (SSSR count). The van der Waals surface area contributed by atoms with Crippen LogP contribution in [0.2, 0.25) is 0 Å². The predicted octanol–water partition coefficient (Wildman–Crippen LogP) is 3.13. The van der Waals surface area contributed by atoms with E-state index in [1.165, 1.54) is 11.1 Å². The molecule has 0 aliphatic carbocycles. The first kappa shape index (κ1) is 18.0. The van der Waals surface area contributed by atoms with Crippen molar-refractivity contribution in [3.63, 3.8) is 0 Å². The Labute approximate surface area is 160 Å². The smallest absolute Gasteiger partial charge is 0.229 e. The molecule has 2 aliphatic heterocycles. The Morgan fingerprint density at radius 1 is 1.19 bits per heavy atom. The summed E-state index contributed by atoms with van der Waals surface area (Å²) in [5, 5.41) is 0. The Bertz CT molecular complexity index is 823. The lowest BCUT2D eigenvalue weighted by molar-refractivity contribution is -0.136. The van der Waals surface area contributed by atoms with Crippen LogP contribution in [0.15, 0.2) is 48.5 Å². The quantitative estimate of drug-likeness (QED) is 0.874. The van der Waals surface area contributed by atoms with Crippen molar-refractivity contribution in [3.8, 4) is 5.75 Å². The largest absolute Gasteiger partial charge is 0.497 e. The molecule has 2 saturated heterocycles. The van der Waals surface area contributed by atoms with Crippen LogP contribution in [0.5, 0.6) is 5.75 Å². The lowest BCUT2D eigenvalue weighted by Gasteiger charge is -2.30. The Balaban J connectivity index is 1.58. The van der Waals surface area contributed by atoms with Gasteiger partial charge in [0, 0.05) is 13.1 Å². The Morgan fingerprint density at radius 3 is 2.85 bits per heavy atom. The zero-order valence-electron chi connectivity index (χ0n) is 15.9. The minimum Gasteiger partial charge on any atom is -0.497 e. The van der Waals surface area contributed by atoms with E-state index in [1.54, 1.807) is 7.11 Å². The highest BCUT2D eigenvalue weighted by atomic mass is 16.5. The van der Waals surface area contributed by atoms with Gasteiger partial charge in [-0.3, -0.25) is 10.2 Å². The molecule has 1 amide bonds. The average molecular weight is 365 g/mol. The third kappa shape index (κ3) is 3.45. The molecule has 2 heterocycles. The van der Waals surface area contributed by atoms with Gasteiger partial charge in [-0.25, -0.2) is 5.43 Å². The number of hydrazine groups is 1. The van der Waals surface area contributed by atoms with E-state index in [-0.39, 0.29) is 23.9 Å². The Kier molecular flexibility index (Phi) is 5.14. The number of nitrogens with zero attached hydrogens (tertiary/aromatic N) is 1. The molecule has 5 heteroatoms. The van der Waals surface area contributed by atoms with E-state index < -0.39 is 0 Å². The van der Waals surface area contributed by atoms with Gasteiger partial charge in [-0.1, -0.05) is 36.4 Å². The average Bonchev–Trinajstić information content (AvgIpc) is 3.37. The molecule has 3 atom stereocenters. The van der Waals surface area contributed by atoms with Crippen LogP contribution in [0, 0.1) is 12.8 Å². The summed E-state index contributed by atoms with van der Waals surface area (Å²) in [5.41, 5.74) is 10.1. The van der Waals surface area contributed by atoms with Crippen LogP contribution >= 0.6 is 0 Å². The van der Waals surface area contributed by atoms with Gasteiger partial charge in [0.05, 0.1) is 25.1 Å². The summed E-state index contributed by atoms with van der Waals surface area (Å²) in [6, 6.07) is 16.5. The second-order valence-electron chi connectivity index (χ2n) is 7.43. The summed E-state index contributed by atoms with van der Waals surface area (Å²) in [7, 11) is 1.67. The minimum absolute atomic E-state index is 0.0503. The molecule has 0 spiro atoms. The van der Waals surface area contributed by atoms with Gasteiger partial charge in [-0.05, 0) is 48.6 Å². The molecule has 2 aromatic rings. The first-order valence-corrected chi connectivity index (χ1v) is 9.67. The normalized spacial score (nSPS) is 25.0. The van der Waals surface area contributed by atoms with Crippen molar-refractivity contribution in [2.75, 3.05) is 20.2 Å². The topological polar surface area (TPSA) is 53.6 Å². The molecule has 3 unspecified atom stereocenters. The minimum atomic E-state index is -0.123. The molecule has 27 heavy (non-hydrogen) atoms. The molecule has 2 aromatic carbocycles. The predicted molar refractivity (Wildman–Crippen MR) is 105 cm³/mol. The van der Waals surface area contributed by atoms with Crippen LogP contribution in [-0.2, 0) is 4.79 Å². The highest BCUT2D eigenvalue weighted by Crippen LogP contribution is 2.37. The molecule has 2 aliphatic rings. The SMILES string of the molecule is COc1cccc(C2NNCC2C(=O)N2CCCC2c2ccccc2C)c1. The van der Waals surface area contributed by atoms with Gasteiger partial charge in [-0.2, -0.15) is 0 Å². The van der Waals surface area contributed by atoms with Gasteiger partial charge in [-0.15, -0.1) is 0 Å². The Hall–Kier alpha value is -2.37. The van der Waals surface area contributed by atoms with Crippen LogP contribution in [0.4, 0.5) is 0 Å². The summed E-state index contributed by atoms with van der Waals surface area (Å²) in [6.45, 7) is 3.60. The molecular formula is C22H27N3O2. The van der Waals surface area contributed by atoms with Crippen LogP contribution in [0.1, 0.15) is 41.6 Å². The van der Waals surface area contributed by atoms with Crippen molar-refractivity contribution in [3.05, 3.63) is 65.2 Å². The van der Waals surface area contributed by atoms with Crippen molar-refractivity contribution in [1.82, 2.24) is 15.8 Å². The molecule has 0 bridgehead atoms. The maximum atomic E-state index is 13.5. The zero-order valence-corrected chi connectivity index (χ0v) is 15.9. The summed E-state index contributed by atoms with van der Waals surface area (Å²) >= 11 is 0. The van der Waals surface area contributed by atoms with Crippen molar-refractivity contribution < 1.29 is 9.53 Å². The molecule has 0 radical (unpaired) electrons. The number of benzene rings is 2. The van der Waals surface area contributed by atoms with E-state index in [4.69, 9.17) is 4.74 Å². The fourth-order valence-corrected chi connectivity index (χ4v) is 4.41. The maximum Gasteiger partial charge on any atom is 0.229 e. The first-order chi connectivity index (χ1) is 13.2. The van der Waals surface area contributed by atoms with E-state index in [0.29, 0.717) is 6.54 Å². The molecular weight excluding hydrogens is 338 g/mol. The maximum absolute atomic E-state index is 13.5. The Morgan fingerprint density at radius 2 is 2.04 bits per heavy atom. The second kappa shape index (κ2) is 7.71. The van der Waals surface area contributed by atoms with E-state index in [1.807, 2.05) is 18.2 Å². The fraction of sp³-hybridized carbons (Fsp3) is 0.409. The van der Waals surface area contributed by atoms with Crippen molar-refractivity contribution >= 4 is 5.91 Å². The number of likely N-dealkylation sites (tertiary alicyclic amines) is 1. The number of ether oxygens (including phenoxy) is 1. The van der Waals surface area contributed by atoms with Crippen LogP contribution < -0.4 is 15.6 Å². The van der Waals surface area contributed by atoms with Gasteiger partial charge in [0.1, 0.15) is 5.75 Å². The zero-order chi connectivity index (χ0) is 18.8. The van der Waals surface area contributed by atoms with E-state index >= 15 is 0 Å². The number of carbonyl (C=O) groups is 1. The molecule has 5 nitrogen and oxygen atoms in total. The number of hydrogen-bond acceptors (Lipinski definition) is 4. The van der Waals surface area contributed by atoms with Crippen LogP contribution in [0.3, 0.4) is 0 Å². The first-order valence-electron chi connectivity index (χ1n) is 9.67. The highest BCUT2D eigenvalue weighted by molar-refractivity contribution is 5.81. The van der Waals surface area contributed by atoms with Crippen LogP contribution in [-0.4, -0.2) is 31.0 Å². The lowest BCUT2D eigenvalue weighted by Crippen LogP contribution is -2.39. The summed E-state index contributed by atoms with van der Waals surface area (Å²) < 4.78 is 5.35. The number of hydrogen-bond donors (Lipinski definition) is 2. The summed E-state index contributed by atoms with van der Waals surface area (Å²) in [5.74, 6) is 0.916.